The van der Waals surface area contributed by atoms with Crippen molar-refractivity contribution in [3.63, 3.8) is 0 Å². The Bertz CT molecular complexity index is 508. The highest BCUT2D eigenvalue weighted by Crippen LogP contribution is 2.35. The molecule has 2 aliphatic rings. The third kappa shape index (κ3) is 1.37. The van der Waals surface area contributed by atoms with Crippen LogP contribution in [0.2, 0.25) is 0 Å². The first kappa shape index (κ1) is 9.90. The number of ketones is 1. The Labute approximate surface area is 97.5 Å². The highest BCUT2D eigenvalue weighted by atomic mass is 32.2. The summed E-state index contributed by atoms with van der Waals surface area (Å²) in [7, 11) is 0. The summed E-state index contributed by atoms with van der Waals surface area (Å²) in [6.07, 6.45) is 2.45. The predicted octanol–water partition coefficient (Wildman–Crippen LogP) is 2.29. The van der Waals surface area contributed by atoms with Crippen LogP contribution in [0.25, 0.3) is 0 Å². The molecule has 1 heterocycles. The molecule has 16 heavy (non-hydrogen) atoms. The van der Waals surface area contributed by atoms with E-state index in [2.05, 4.69) is 11.2 Å². The number of thioether (sulfide) groups is 1. The zero-order chi connectivity index (χ0) is 11.1. The molecule has 1 aromatic rings. The van der Waals surface area contributed by atoms with E-state index < -0.39 is 0 Å². The van der Waals surface area contributed by atoms with Gasteiger partial charge in [-0.2, -0.15) is 0 Å². The zero-order valence-electron chi connectivity index (χ0n) is 8.69. The van der Waals surface area contributed by atoms with Crippen LogP contribution >= 0.6 is 11.8 Å². The van der Waals surface area contributed by atoms with Crippen molar-refractivity contribution in [2.75, 3.05) is 5.75 Å². The fourth-order valence-electron chi connectivity index (χ4n) is 2.31. The lowest BCUT2D eigenvalue weighted by Crippen LogP contribution is -2.22. The van der Waals surface area contributed by atoms with Crippen molar-refractivity contribution < 1.29 is 10.0 Å². The van der Waals surface area contributed by atoms with Crippen LogP contribution in [0.15, 0.2) is 22.2 Å². The van der Waals surface area contributed by atoms with E-state index in [0.29, 0.717) is 6.42 Å². The second kappa shape index (κ2) is 3.63. The van der Waals surface area contributed by atoms with Crippen molar-refractivity contribution in [1.29, 1.82) is 0 Å². The third-order valence-corrected chi connectivity index (χ3v) is 4.27. The smallest absolute Gasteiger partial charge is 0.210 e. The molecule has 3 nitrogen and oxygen atoms in total. The molecule has 0 radical (unpaired) electrons. The maximum absolute atomic E-state index is 11.9. The van der Waals surface area contributed by atoms with E-state index in [0.717, 1.165) is 29.7 Å². The summed E-state index contributed by atoms with van der Waals surface area (Å²) in [5.41, 5.74) is 3.49. The Morgan fingerprint density at radius 3 is 2.88 bits per heavy atom. The van der Waals surface area contributed by atoms with Crippen molar-refractivity contribution in [1.82, 2.24) is 0 Å². The van der Waals surface area contributed by atoms with Gasteiger partial charge in [0.25, 0.3) is 0 Å². The average Bonchev–Trinajstić information content (AvgIpc) is 2.74. The third-order valence-electron chi connectivity index (χ3n) is 3.17. The molecule has 1 aromatic carbocycles. The molecule has 1 aliphatic carbocycles. The van der Waals surface area contributed by atoms with Gasteiger partial charge in [0, 0.05) is 22.6 Å². The SMILES string of the molecule is O=C1/C(=N/O)CCc2cc3c(cc21)SCC3. The minimum Gasteiger partial charge on any atom is -0.411 e. The van der Waals surface area contributed by atoms with E-state index in [9.17, 15) is 4.79 Å². The van der Waals surface area contributed by atoms with Crippen LogP contribution in [0.3, 0.4) is 0 Å². The van der Waals surface area contributed by atoms with E-state index in [1.54, 1.807) is 11.8 Å². The van der Waals surface area contributed by atoms with Crippen molar-refractivity contribution in [2.45, 2.75) is 24.2 Å². The monoisotopic (exact) mass is 233 g/mol. The first-order valence-corrected chi connectivity index (χ1v) is 6.32. The van der Waals surface area contributed by atoms with Gasteiger partial charge < -0.3 is 5.21 Å². The quantitative estimate of drug-likeness (QED) is 0.552. The van der Waals surface area contributed by atoms with Gasteiger partial charge in [0.15, 0.2) is 0 Å². The standard InChI is InChI=1S/C12H11NO2S/c14-12-9-6-11-8(3-4-16-11)5-7(9)1-2-10(12)13-15/h5-6,15H,1-4H2/b13-10+. The van der Waals surface area contributed by atoms with Crippen LogP contribution in [-0.4, -0.2) is 22.5 Å². The van der Waals surface area contributed by atoms with Gasteiger partial charge in [0.2, 0.25) is 5.78 Å². The van der Waals surface area contributed by atoms with Crippen LogP contribution in [0.5, 0.6) is 0 Å². The molecule has 0 bridgehead atoms. The Kier molecular flexibility index (Phi) is 2.24. The molecule has 0 aromatic heterocycles. The maximum Gasteiger partial charge on any atom is 0.210 e. The minimum absolute atomic E-state index is 0.112. The second-order valence-electron chi connectivity index (χ2n) is 4.09. The number of fused-ring (bicyclic) bond motifs is 2. The molecule has 0 spiro atoms. The molecule has 0 unspecified atom stereocenters. The number of carbonyl (C=O) groups is 1. The molecule has 0 saturated heterocycles. The molecule has 3 rings (SSSR count). The van der Waals surface area contributed by atoms with E-state index in [4.69, 9.17) is 5.21 Å². The topological polar surface area (TPSA) is 49.7 Å². The number of benzene rings is 1. The molecule has 1 aliphatic heterocycles. The van der Waals surface area contributed by atoms with Crippen molar-refractivity contribution in [3.8, 4) is 0 Å². The molecule has 82 valence electrons. The summed E-state index contributed by atoms with van der Waals surface area (Å²) in [5.74, 6) is 0.993. The molecule has 0 saturated carbocycles. The van der Waals surface area contributed by atoms with Crippen molar-refractivity contribution in [2.24, 2.45) is 5.16 Å². The van der Waals surface area contributed by atoms with Crippen LogP contribution in [0.1, 0.15) is 27.9 Å². The van der Waals surface area contributed by atoms with Gasteiger partial charge in [0.05, 0.1) is 0 Å². The van der Waals surface area contributed by atoms with Gasteiger partial charge in [-0.1, -0.05) is 11.2 Å². The highest BCUT2D eigenvalue weighted by molar-refractivity contribution is 7.99. The summed E-state index contributed by atoms with van der Waals surface area (Å²) in [5, 5.41) is 11.8. The number of hydrogen-bond donors (Lipinski definition) is 1. The average molecular weight is 233 g/mol. The number of aryl methyl sites for hydroxylation is 2. The largest absolute Gasteiger partial charge is 0.411 e. The number of Topliss-reactive ketones (excluding diaryl/α,β-unsaturated/α-hetero) is 1. The summed E-state index contributed by atoms with van der Waals surface area (Å²) >= 11 is 1.80. The van der Waals surface area contributed by atoms with Crippen LogP contribution in [0, 0.1) is 0 Å². The van der Waals surface area contributed by atoms with E-state index in [1.165, 1.54) is 10.5 Å². The number of hydrogen-bond acceptors (Lipinski definition) is 4. The molecule has 4 heteroatoms. The number of oxime groups is 1. The molecule has 0 fully saturated rings. The van der Waals surface area contributed by atoms with Crippen LogP contribution in [-0.2, 0) is 12.8 Å². The van der Waals surface area contributed by atoms with Crippen molar-refractivity contribution in [3.05, 3.63) is 28.8 Å². The number of nitrogens with zero attached hydrogens (tertiary/aromatic N) is 1. The van der Waals surface area contributed by atoms with Gasteiger partial charge in [-0.15, -0.1) is 11.8 Å². The Hall–Kier alpha value is -1.29. The van der Waals surface area contributed by atoms with E-state index >= 15 is 0 Å². The van der Waals surface area contributed by atoms with Crippen LogP contribution in [0.4, 0.5) is 0 Å². The fourth-order valence-corrected chi connectivity index (χ4v) is 3.40. The lowest BCUT2D eigenvalue weighted by atomic mass is 9.88. The molecule has 0 atom stereocenters. The minimum atomic E-state index is -0.112. The molecular formula is C12H11NO2S. The molecular weight excluding hydrogens is 222 g/mol. The number of rotatable bonds is 0. The lowest BCUT2D eigenvalue weighted by molar-refractivity contribution is 0.105. The maximum atomic E-state index is 11.9. The summed E-state index contributed by atoms with van der Waals surface area (Å²) < 4.78 is 0. The van der Waals surface area contributed by atoms with Gasteiger partial charge in [0.1, 0.15) is 5.71 Å². The molecule has 0 amide bonds. The predicted molar refractivity (Wildman–Crippen MR) is 62.7 cm³/mol. The normalized spacial score (nSPS) is 21.0. The Morgan fingerprint density at radius 2 is 2.06 bits per heavy atom. The Balaban J connectivity index is 2.14. The van der Waals surface area contributed by atoms with E-state index in [1.807, 2.05) is 6.07 Å². The van der Waals surface area contributed by atoms with Crippen LogP contribution < -0.4 is 0 Å². The second-order valence-corrected chi connectivity index (χ2v) is 5.23. The van der Waals surface area contributed by atoms with Gasteiger partial charge in [-0.25, -0.2) is 0 Å². The summed E-state index contributed by atoms with van der Waals surface area (Å²) in [6, 6.07) is 4.12. The van der Waals surface area contributed by atoms with Crippen molar-refractivity contribution >= 4 is 23.3 Å². The molecule has 1 N–H and O–H groups in total. The summed E-state index contributed by atoms with van der Waals surface area (Å²) in [4.78, 5) is 13.2. The zero-order valence-corrected chi connectivity index (χ0v) is 9.51. The lowest BCUT2D eigenvalue weighted by Gasteiger charge is -2.16. The number of carbonyl (C=O) groups excluding carboxylic acids is 1. The van der Waals surface area contributed by atoms with Gasteiger partial charge >= 0.3 is 0 Å². The first-order chi connectivity index (χ1) is 7.79. The van der Waals surface area contributed by atoms with Gasteiger partial charge in [-0.05, 0) is 30.0 Å². The van der Waals surface area contributed by atoms with E-state index in [-0.39, 0.29) is 11.5 Å². The Morgan fingerprint density at radius 1 is 1.19 bits per heavy atom. The fraction of sp³-hybridized carbons (Fsp3) is 0.333. The summed E-state index contributed by atoms with van der Waals surface area (Å²) in [6.45, 7) is 0. The van der Waals surface area contributed by atoms with Gasteiger partial charge in [-0.3, -0.25) is 4.79 Å². The first-order valence-electron chi connectivity index (χ1n) is 5.34. The highest BCUT2D eigenvalue weighted by Gasteiger charge is 2.26.